The minimum atomic E-state index is -1.19. The van der Waals surface area contributed by atoms with Crippen LogP contribution >= 0.6 is 0 Å². The van der Waals surface area contributed by atoms with Crippen LogP contribution < -0.4 is 0 Å². The summed E-state index contributed by atoms with van der Waals surface area (Å²) in [6.07, 6.45) is 2.78. The second kappa shape index (κ2) is 4.78. The minimum Gasteiger partial charge on any atom is -0.276 e. The summed E-state index contributed by atoms with van der Waals surface area (Å²) in [5.74, 6) is -0.173. The molecule has 1 aromatic rings. The summed E-state index contributed by atoms with van der Waals surface area (Å²) in [5.41, 5.74) is 0.318. The predicted octanol–water partition coefficient (Wildman–Crippen LogP) is 2.50. The summed E-state index contributed by atoms with van der Waals surface area (Å²) < 4.78 is 13.9. The number of pyridine rings is 1. The van der Waals surface area contributed by atoms with E-state index in [0.29, 0.717) is 12.2 Å². The molecule has 1 amide bonds. The molecule has 0 spiro atoms. The molecular weight excluding hydrogens is 271 g/mol. The van der Waals surface area contributed by atoms with Crippen molar-refractivity contribution in [3.05, 3.63) is 35.4 Å². The van der Waals surface area contributed by atoms with E-state index in [-0.39, 0.29) is 11.9 Å². The van der Waals surface area contributed by atoms with Gasteiger partial charge in [0.05, 0.1) is 18.0 Å². The summed E-state index contributed by atoms with van der Waals surface area (Å²) in [4.78, 5) is 20.1. The average Bonchev–Trinajstić information content (AvgIpc) is 2.99. The van der Waals surface area contributed by atoms with Crippen molar-refractivity contribution in [1.82, 2.24) is 15.0 Å². The highest BCUT2D eigenvalue weighted by atomic mass is 19.1. The second-order valence-electron chi connectivity index (χ2n) is 5.96. The lowest BCUT2D eigenvalue weighted by Gasteiger charge is -2.27. The molecule has 0 aromatic carbocycles. The summed E-state index contributed by atoms with van der Waals surface area (Å²) in [6, 6.07) is 1.61. The number of hydrogen-bond donors (Lipinski definition) is 0. The molecule has 3 atom stereocenters. The molecule has 0 bridgehead atoms. The average molecular weight is 288 g/mol. The number of alkyl halides is 1. The number of rotatable bonds is 2. The first-order chi connectivity index (χ1) is 9.97. The van der Waals surface area contributed by atoms with Crippen molar-refractivity contribution in [3.8, 4) is 0 Å². The van der Waals surface area contributed by atoms with Gasteiger partial charge in [0.15, 0.2) is 0 Å². The molecule has 0 radical (unpaired) electrons. The predicted molar refractivity (Wildman–Crippen MR) is 75.0 cm³/mol. The molecule has 2 saturated heterocycles. The van der Waals surface area contributed by atoms with Crippen LogP contribution in [0.1, 0.15) is 31.9 Å². The third kappa shape index (κ3) is 2.00. The minimum absolute atomic E-state index is 0.146. The molecule has 3 heterocycles. The molecule has 0 saturated carbocycles. The van der Waals surface area contributed by atoms with Gasteiger partial charge in [-0.3, -0.25) is 14.8 Å². The Bertz CT molecular complexity index is 626. The molecule has 0 aliphatic carbocycles. The van der Waals surface area contributed by atoms with E-state index in [9.17, 15) is 9.18 Å². The Kier molecular flexibility index (Phi) is 3.18. The van der Waals surface area contributed by atoms with Crippen LogP contribution in [0.2, 0.25) is 0 Å². The molecule has 21 heavy (non-hydrogen) atoms. The van der Waals surface area contributed by atoms with Gasteiger partial charge in [-0.05, 0) is 31.9 Å². The smallest absolute Gasteiger partial charge is 0.247 e. The number of hydrogen-bond acceptors (Lipinski definition) is 3. The molecule has 6 heteroatoms. The molecule has 0 N–H and O–H groups in total. The first kappa shape index (κ1) is 14.0. The number of amides is 1. The highest BCUT2D eigenvalue weighted by Gasteiger charge is 2.55. The van der Waals surface area contributed by atoms with Crippen molar-refractivity contribution in [2.75, 3.05) is 13.1 Å². The number of aromatic nitrogens is 1. The molecule has 3 rings (SSSR count). The fourth-order valence-electron chi connectivity index (χ4n) is 3.12. The van der Waals surface area contributed by atoms with Gasteiger partial charge in [0, 0.05) is 25.5 Å². The maximum absolute atomic E-state index is 13.9. The molecule has 1 aromatic heterocycles. The zero-order valence-corrected chi connectivity index (χ0v) is 12.1. The highest BCUT2D eigenvalue weighted by molar-refractivity contribution is 5.85. The van der Waals surface area contributed by atoms with Gasteiger partial charge in [-0.15, -0.1) is 0 Å². The standard InChI is InChI=1S/C15H17FN4O/c1-10(16)15(2)9-19-5-4-13(20(19)14(15)21)11-6-12(17-3)8-18-7-11/h6-8,10,13H,4-5,9H2,1-2H3/t10?,13-,15+/m0/s1. The van der Waals surface area contributed by atoms with E-state index in [1.807, 2.05) is 5.01 Å². The van der Waals surface area contributed by atoms with Gasteiger partial charge in [-0.1, -0.05) is 0 Å². The SMILES string of the molecule is [C-]#[N+]c1cncc([C@@H]2CCN3C[C@](C)(C(C)F)C(=O)N23)c1. The number of fused-ring (bicyclic) bond motifs is 1. The molecule has 2 fully saturated rings. The fourth-order valence-corrected chi connectivity index (χ4v) is 3.12. The largest absolute Gasteiger partial charge is 0.276 e. The fraction of sp³-hybridized carbons (Fsp3) is 0.533. The Balaban J connectivity index is 1.94. The van der Waals surface area contributed by atoms with Crippen LogP contribution in [0.3, 0.4) is 0 Å². The number of nitrogens with zero attached hydrogens (tertiary/aromatic N) is 4. The van der Waals surface area contributed by atoms with Gasteiger partial charge in [0.25, 0.3) is 0 Å². The molecule has 110 valence electrons. The van der Waals surface area contributed by atoms with Gasteiger partial charge in [0.2, 0.25) is 11.6 Å². The van der Waals surface area contributed by atoms with Gasteiger partial charge in [-0.2, -0.15) is 0 Å². The van der Waals surface area contributed by atoms with Crippen LogP contribution in [0, 0.1) is 12.0 Å². The van der Waals surface area contributed by atoms with Gasteiger partial charge in [0.1, 0.15) is 6.17 Å². The Morgan fingerprint density at radius 2 is 2.33 bits per heavy atom. The van der Waals surface area contributed by atoms with E-state index in [2.05, 4.69) is 9.83 Å². The van der Waals surface area contributed by atoms with Gasteiger partial charge in [-0.25, -0.2) is 14.2 Å². The normalized spacial score (nSPS) is 30.3. The van der Waals surface area contributed by atoms with Gasteiger partial charge >= 0.3 is 0 Å². The monoisotopic (exact) mass is 288 g/mol. The van der Waals surface area contributed by atoms with E-state index in [1.165, 1.54) is 13.1 Å². The van der Waals surface area contributed by atoms with Crippen LogP contribution in [0.15, 0.2) is 18.5 Å². The van der Waals surface area contributed by atoms with Crippen molar-refractivity contribution in [2.24, 2.45) is 5.41 Å². The third-order valence-electron chi connectivity index (χ3n) is 4.60. The van der Waals surface area contributed by atoms with E-state index in [4.69, 9.17) is 6.57 Å². The first-order valence-electron chi connectivity index (χ1n) is 7.02. The Hall–Kier alpha value is -2.00. The maximum atomic E-state index is 13.9. The summed E-state index contributed by atoms with van der Waals surface area (Å²) in [6.45, 7) is 11.3. The van der Waals surface area contributed by atoms with Crippen LogP contribution in [0.25, 0.3) is 4.85 Å². The van der Waals surface area contributed by atoms with Crippen LogP contribution in [-0.2, 0) is 4.79 Å². The Morgan fingerprint density at radius 3 is 3.00 bits per heavy atom. The third-order valence-corrected chi connectivity index (χ3v) is 4.60. The van der Waals surface area contributed by atoms with Crippen LogP contribution in [0.4, 0.5) is 10.1 Å². The lowest BCUT2D eigenvalue weighted by Crippen LogP contribution is -2.39. The second-order valence-corrected chi connectivity index (χ2v) is 5.96. The summed E-state index contributed by atoms with van der Waals surface area (Å²) in [5, 5.41) is 3.59. The zero-order valence-electron chi connectivity index (χ0n) is 12.1. The van der Waals surface area contributed by atoms with Gasteiger partial charge < -0.3 is 0 Å². The van der Waals surface area contributed by atoms with E-state index in [1.54, 1.807) is 24.2 Å². The molecule has 1 unspecified atom stereocenters. The topological polar surface area (TPSA) is 40.8 Å². The van der Waals surface area contributed by atoms with E-state index in [0.717, 1.165) is 18.5 Å². The van der Waals surface area contributed by atoms with Crippen molar-refractivity contribution < 1.29 is 9.18 Å². The number of halogens is 1. The molecular formula is C15H17FN4O. The van der Waals surface area contributed by atoms with Crippen LogP contribution in [0.5, 0.6) is 0 Å². The Labute approximate surface area is 123 Å². The number of hydrazine groups is 1. The lowest BCUT2D eigenvalue weighted by atomic mass is 9.85. The van der Waals surface area contributed by atoms with Crippen molar-refractivity contribution in [3.63, 3.8) is 0 Å². The van der Waals surface area contributed by atoms with Crippen LogP contribution in [-0.4, -0.2) is 40.2 Å². The van der Waals surface area contributed by atoms with Crippen molar-refractivity contribution in [1.29, 1.82) is 0 Å². The highest BCUT2D eigenvalue weighted by Crippen LogP contribution is 2.44. The van der Waals surface area contributed by atoms with E-state index < -0.39 is 11.6 Å². The van der Waals surface area contributed by atoms with Crippen molar-refractivity contribution in [2.45, 2.75) is 32.5 Å². The molecule has 2 aliphatic rings. The quantitative estimate of drug-likeness (QED) is 0.785. The number of carbonyl (C=O) groups is 1. The summed E-state index contributed by atoms with van der Waals surface area (Å²) >= 11 is 0. The number of carbonyl (C=O) groups excluding carboxylic acids is 1. The maximum Gasteiger partial charge on any atom is 0.247 e. The molecule has 2 aliphatic heterocycles. The zero-order chi connectivity index (χ0) is 15.2. The first-order valence-corrected chi connectivity index (χ1v) is 7.02. The summed E-state index contributed by atoms with van der Waals surface area (Å²) in [7, 11) is 0. The molecule has 5 nitrogen and oxygen atoms in total. The Morgan fingerprint density at radius 1 is 1.57 bits per heavy atom. The van der Waals surface area contributed by atoms with Crippen molar-refractivity contribution >= 4 is 11.6 Å². The van der Waals surface area contributed by atoms with E-state index >= 15 is 0 Å². The lowest BCUT2D eigenvalue weighted by molar-refractivity contribution is -0.144.